The van der Waals surface area contributed by atoms with Crippen LogP contribution in [0.15, 0.2) is 36.4 Å². The molecule has 2 radical (unpaired) electrons. The van der Waals surface area contributed by atoms with E-state index in [0.717, 1.165) is 33.2 Å². The first-order valence-electron chi connectivity index (χ1n) is 6.64. The molecule has 22 heavy (non-hydrogen) atoms. The van der Waals surface area contributed by atoms with Crippen LogP contribution in [0.5, 0.6) is 5.75 Å². The van der Waals surface area contributed by atoms with Gasteiger partial charge in [-0.3, -0.25) is 0 Å². The molecule has 3 rings (SSSR count). The summed E-state index contributed by atoms with van der Waals surface area (Å²) >= 11 is 4.95. The monoisotopic (exact) mass is 423 g/mol. The molecule has 0 aliphatic carbocycles. The number of hydrogen-bond acceptors (Lipinski definition) is 5. The molecule has 0 saturated carbocycles. The van der Waals surface area contributed by atoms with E-state index in [2.05, 4.69) is 12.1 Å². The molecule has 7 heteroatoms. The van der Waals surface area contributed by atoms with Gasteiger partial charge in [0.15, 0.2) is 0 Å². The Bertz CT molecular complexity index is 829. The molecule has 0 amide bonds. The quantitative estimate of drug-likeness (QED) is 0.255. The Balaban J connectivity index is 2.24. The maximum atomic E-state index is 8.93. The summed E-state index contributed by atoms with van der Waals surface area (Å²) in [6, 6.07) is 11.5. The summed E-state index contributed by atoms with van der Waals surface area (Å²) in [5.41, 5.74) is 2.72. The van der Waals surface area contributed by atoms with Crippen molar-refractivity contribution in [1.29, 1.82) is 0 Å². The minimum absolute atomic E-state index is 0.0186. The number of nitrogens with one attached hydrogen (secondary N) is 2. The van der Waals surface area contributed by atoms with Gasteiger partial charge in [0.1, 0.15) is 0 Å². The first-order chi connectivity index (χ1) is 10.7. The summed E-state index contributed by atoms with van der Waals surface area (Å²) in [6.45, 7) is -0.0186. The fraction of sp³-hybridized carbons (Fsp3) is 0.133. The van der Waals surface area contributed by atoms with Crippen LogP contribution in [0, 0.1) is 0 Å². The number of aromatic nitrogens is 1. The van der Waals surface area contributed by atoms with Crippen molar-refractivity contribution in [3.8, 4) is 5.75 Å². The number of nitrogens with zero attached hydrogens (tertiary/aromatic N) is 1. The van der Waals surface area contributed by atoms with E-state index in [-0.39, 0.29) is 6.73 Å². The van der Waals surface area contributed by atoms with Crippen molar-refractivity contribution < 1.29 is 9.84 Å². The van der Waals surface area contributed by atoms with Crippen molar-refractivity contribution >= 4 is 60.8 Å². The predicted molar refractivity (Wildman–Crippen MR) is 90.4 cm³/mol. The molecule has 0 bridgehead atoms. The number of halogens is 1. The molecule has 1 aromatic heterocycles. The Hall–Kier alpha value is -1.28. The molecule has 0 atom stereocenters. The summed E-state index contributed by atoms with van der Waals surface area (Å²) in [6.07, 6.45) is 0. The molecule has 3 N–H and O–H groups in total. The molecule has 0 spiro atoms. The minimum atomic E-state index is -1.13. The molecule has 3 aromatic rings. The number of pyridine rings is 1. The number of hydrogen-bond donors (Lipinski definition) is 3. The Labute approximate surface area is 143 Å². The third-order valence-corrected chi connectivity index (χ3v) is 5.56. The Morgan fingerprint density at radius 1 is 1.18 bits per heavy atom. The molecule has 0 saturated heterocycles. The van der Waals surface area contributed by atoms with E-state index in [0.29, 0.717) is 5.02 Å². The van der Waals surface area contributed by atoms with Crippen LogP contribution in [0.3, 0.4) is 0 Å². The number of benzene rings is 2. The van der Waals surface area contributed by atoms with E-state index in [4.69, 9.17) is 21.4 Å². The van der Waals surface area contributed by atoms with Gasteiger partial charge < -0.3 is 0 Å². The van der Waals surface area contributed by atoms with Crippen molar-refractivity contribution in [3.05, 3.63) is 41.4 Å². The first kappa shape index (κ1) is 15.6. The van der Waals surface area contributed by atoms with Gasteiger partial charge in [-0.1, -0.05) is 0 Å². The van der Waals surface area contributed by atoms with Crippen LogP contribution in [-0.2, 0) is 0 Å². The zero-order valence-electron chi connectivity index (χ0n) is 11.9. The van der Waals surface area contributed by atoms with E-state index < -0.39 is 21.7 Å². The zero-order valence-corrected chi connectivity index (χ0v) is 15.5. The topological polar surface area (TPSA) is 66.4 Å². The average Bonchev–Trinajstić information content (AvgIpc) is 2.53. The molecule has 0 aliphatic rings. The number of aliphatic hydroxyl groups excluding tert-OH is 1. The number of anilines is 1. The number of rotatable bonds is 5. The normalized spacial score (nSPS) is 11.0. The number of ether oxygens (including phenoxy) is 1. The molecule has 112 valence electrons. The second-order valence-corrected chi connectivity index (χ2v) is 7.49. The molecule has 1 heterocycles. The van der Waals surface area contributed by atoms with Gasteiger partial charge in [0.25, 0.3) is 0 Å². The summed E-state index contributed by atoms with van der Waals surface area (Å²) in [7, 11) is 1.65. The van der Waals surface area contributed by atoms with Gasteiger partial charge in [-0.15, -0.1) is 0 Å². The standard InChI is InChI=1S/C14H10ClN2O.CH4NO.Sn/c1-18-9-3-5-12-11(7-9)14(16)10-4-2-8(15)6-13(10)17-12;2-1-3;/h2-7H,1H3,(H-,16,17);2-3H,1H2;/q2*-1;+2. The fourth-order valence-electron chi connectivity index (χ4n) is 2.30. The second kappa shape index (κ2) is 6.87. The van der Waals surface area contributed by atoms with E-state index >= 15 is 0 Å². The van der Waals surface area contributed by atoms with Gasteiger partial charge in [0.2, 0.25) is 0 Å². The second-order valence-electron chi connectivity index (χ2n) is 4.62. The third-order valence-electron chi connectivity index (χ3n) is 3.30. The summed E-state index contributed by atoms with van der Waals surface area (Å²) in [5.74, 6) is 0.784. The van der Waals surface area contributed by atoms with Crippen molar-refractivity contribution in [2.24, 2.45) is 0 Å². The molecular weight excluding hydrogens is 408 g/mol. The van der Waals surface area contributed by atoms with E-state index in [1.807, 2.05) is 36.4 Å². The summed E-state index contributed by atoms with van der Waals surface area (Å²) in [4.78, 5) is 4.67. The van der Waals surface area contributed by atoms with Gasteiger partial charge in [-0.25, -0.2) is 0 Å². The van der Waals surface area contributed by atoms with Gasteiger partial charge in [-0.2, -0.15) is 0 Å². The van der Waals surface area contributed by atoms with Crippen LogP contribution in [0.2, 0.25) is 5.02 Å². The molecule has 5 nitrogen and oxygen atoms in total. The van der Waals surface area contributed by atoms with Crippen molar-refractivity contribution in [3.63, 3.8) is 0 Å². The predicted octanol–water partition coefficient (Wildman–Crippen LogP) is 2.54. The van der Waals surface area contributed by atoms with Gasteiger partial charge in [-0.05, 0) is 0 Å². The van der Waals surface area contributed by atoms with Crippen LogP contribution in [0.1, 0.15) is 0 Å². The van der Waals surface area contributed by atoms with Gasteiger partial charge in [0, 0.05) is 0 Å². The number of fused-ring (bicyclic) bond motifs is 2. The van der Waals surface area contributed by atoms with Crippen molar-refractivity contribution in [2.75, 3.05) is 17.4 Å². The van der Waals surface area contributed by atoms with Gasteiger partial charge in [0.05, 0.1) is 0 Å². The van der Waals surface area contributed by atoms with E-state index in [1.165, 1.54) is 0 Å². The van der Waals surface area contributed by atoms with Crippen molar-refractivity contribution in [1.82, 2.24) is 8.52 Å². The van der Waals surface area contributed by atoms with E-state index in [1.54, 1.807) is 7.11 Å². The zero-order chi connectivity index (χ0) is 15.5. The number of aliphatic hydroxyl groups is 1. The molecule has 0 aliphatic heterocycles. The van der Waals surface area contributed by atoms with Crippen LogP contribution < -0.4 is 11.8 Å². The van der Waals surface area contributed by atoms with Gasteiger partial charge >= 0.3 is 144 Å². The third kappa shape index (κ3) is 3.07. The summed E-state index contributed by atoms with van der Waals surface area (Å²) < 4.78 is 11.8. The van der Waals surface area contributed by atoms with Crippen LogP contribution in [0.4, 0.5) is 5.69 Å². The van der Waals surface area contributed by atoms with E-state index in [9.17, 15) is 0 Å². The Morgan fingerprint density at radius 3 is 2.82 bits per heavy atom. The molecular formula is C15H14ClN3O2Sn. The van der Waals surface area contributed by atoms with Crippen LogP contribution in [-0.4, -0.2) is 45.6 Å². The Morgan fingerprint density at radius 2 is 2.05 bits per heavy atom. The molecule has 0 unspecified atom stereocenters. The van der Waals surface area contributed by atoms with Crippen LogP contribution in [0.25, 0.3) is 21.8 Å². The molecule has 0 fully saturated rings. The van der Waals surface area contributed by atoms with Crippen LogP contribution >= 0.6 is 11.6 Å². The SMILES string of the molecule is COc1ccc2nc3cc(Cl)ccc3c([NH][Sn][NH]CO)c2c1. The fourth-order valence-corrected chi connectivity index (χ4v) is 4.07. The average molecular weight is 422 g/mol. The maximum absolute atomic E-state index is 8.93. The molecule has 2 aromatic carbocycles. The Kier molecular flexibility index (Phi) is 4.87. The first-order valence-corrected chi connectivity index (χ1v) is 9.88. The summed E-state index contributed by atoms with van der Waals surface area (Å²) in [5, 5.41) is 11.6. The van der Waals surface area contributed by atoms with Crippen molar-refractivity contribution in [2.45, 2.75) is 0 Å². The number of methoxy groups -OCH3 is 1.